The SMILES string of the molecule is COC(=O)c1sccc1NC(=O)C[C@@H](C(=O)O)c1ccccc1. The lowest BCUT2D eigenvalue weighted by molar-refractivity contribution is -0.140. The van der Waals surface area contributed by atoms with Crippen molar-refractivity contribution in [2.45, 2.75) is 12.3 Å². The van der Waals surface area contributed by atoms with Gasteiger partial charge in [-0.3, -0.25) is 9.59 Å². The zero-order chi connectivity index (χ0) is 16.8. The molecule has 2 aromatic rings. The van der Waals surface area contributed by atoms with Gasteiger partial charge in [-0.1, -0.05) is 30.3 Å². The number of carbonyl (C=O) groups excluding carboxylic acids is 2. The third-order valence-electron chi connectivity index (χ3n) is 3.20. The Labute approximate surface area is 136 Å². The van der Waals surface area contributed by atoms with Gasteiger partial charge in [-0.2, -0.15) is 0 Å². The molecule has 0 aliphatic heterocycles. The van der Waals surface area contributed by atoms with Crippen LogP contribution in [0, 0.1) is 0 Å². The normalized spacial score (nSPS) is 11.5. The first-order valence-electron chi connectivity index (χ1n) is 6.76. The zero-order valence-corrected chi connectivity index (χ0v) is 13.1. The van der Waals surface area contributed by atoms with Gasteiger partial charge >= 0.3 is 11.9 Å². The summed E-state index contributed by atoms with van der Waals surface area (Å²) in [7, 11) is 1.25. The summed E-state index contributed by atoms with van der Waals surface area (Å²) in [6.45, 7) is 0. The molecule has 1 aromatic carbocycles. The number of carbonyl (C=O) groups is 3. The second-order valence-electron chi connectivity index (χ2n) is 4.71. The molecule has 6 nitrogen and oxygen atoms in total. The highest BCUT2D eigenvalue weighted by Gasteiger charge is 2.24. The number of ether oxygens (including phenoxy) is 1. The first kappa shape index (κ1) is 16.7. The van der Waals surface area contributed by atoms with Gasteiger partial charge < -0.3 is 15.2 Å². The van der Waals surface area contributed by atoms with E-state index in [-0.39, 0.29) is 11.3 Å². The average molecular weight is 333 g/mol. The Kier molecular flexibility index (Phi) is 5.48. The number of hydrogen-bond acceptors (Lipinski definition) is 5. The van der Waals surface area contributed by atoms with Gasteiger partial charge in [-0.05, 0) is 17.0 Å². The van der Waals surface area contributed by atoms with Crippen molar-refractivity contribution < 1.29 is 24.2 Å². The lowest BCUT2D eigenvalue weighted by atomic mass is 9.95. The number of methoxy groups -OCH3 is 1. The van der Waals surface area contributed by atoms with E-state index in [0.717, 1.165) is 11.3 Å². The lowest BCUT2D eigenvalue weighted by Crippen LogP contribution is -2.21. The monoisotopic (exact) mass is 333 g/mol. The first-order valence-corrected chi connectivity index (χ1v) is 7.64. The number of rotatable bonds is 6. The van der Waals surface area contributed by atoms with Crippen molar-refractivity contribution >= 4 is 34.9 Å². The molecule has 0 aliphatic carbocycles. The van der Waals surface area contributed by atoms with E-state index in [0.29, 0.717) is 11.3 Å². The van der Waals surface area contributed by atoms with E-state index in [2.05, 4.69) is 10.1 Å². The summed E-state index contributed by atoms with van der Waals surface area (Å²) in [5.41, 5.74) is 0.873. The van der Waals surface area contributed by atoms with E-state index < -0.39 is 23.8 Å². The molecule has 0 spiro atoms. The minimum atomic E-state index is -1.08. The van der Waals surface area contributed by atoms with Crippen LogP contribution in [-0.2, 0) is 14.3 Å². The van der Waals surface area contributed by atoms with Crippen LogP contribution in [0.4, 0.5) is 5.69 Å². The summed E-state index contributed by atoms with van der Waals surface area (Å²) >= 11 is 1.14. The smallest absolute Gasteiger partial charge is 0.350 e. The van der Waals surface area contributed by atoms with Gasteiger partial charge in [0.1, 0.15) is 4.88 Å². The summed E-state index contributed by atoms with van der Waals surface area (Å²) in [5, 5.41) is 13.5. The van der Waals surface area contributed by atoms with Gasteiger partial charge in [0.2, 0.25) is 5.91 Å². The topological polar surface area (TPSA) is 92.7 Å². The summed E-state index contributed by atoms with van der Waals surface area (Å²) in [6, 6.07) is 10.1. The zero-order valence-electron chi connectivity index (χ0n) is 12.3. The van der Waals surface area contributed by atoms with Crippen molar-refractivity contribution in [2.75, 3.05) is 12.4 Å². The van der Waals surface area contributed by atoms with E-state index in [4.69, 9.17) is 0 Å². The Morgan fingerprint density at radius 3 is 2.52 bits per heavy atom. The van der Waals surface area contributed by atoms with Crippen molar-refractivity contribution in [1.82, 2.24) is 0 Å². The highest BCUT2D eigenvalue weighted by molar-refractivity contribution is 7.12. The van der Waals surface area contributed by atoms with Gasteiger partial charge in [-0.15, -0.1) is 11.3 Å². The Bertz CT molecular complexity index is 710. The second-order valence-corrected chi connectivity index (χ2v) is 5.62. The second kappa shape index (κ2) is 7.55. The predicted octanol–water partition coefficient (Wildman–Crippen LogP) is 2.73. The highest BCUT2D eigenvalue weighted by atomic mass is 32.1. The van der Waals surface area contributed by atoms with Crippen LogP contribution >= 0.6 is 11.3 Å². The first-order chi connectivity index (χ1) is 11.0. The molecule has 0 fully saturated rings. The fourth-order valence-electron chi connectivity index (χ4n) is 2.08. The molecule has 0 bridgehead atoms. The van der Waals surface area contributed by atoms with E-state index in [1.165, 1.54) is 7.11 Å². The fourth-order valence-corrected chi connectivity index (χ4v) is 2.84. The molecule has 0 unspecified atom stereocenters. The number of nitrogens with one attached hydrogen (secondary N) is 1. The van der Waals surface area contributed by atoms with Gasteiger partial charge in [0.25, 0.3) is 0 Å². The van der Waals surface area contributed by atoms with E-state index in [1.54, 1.807) is 41.8 Å². The third kappa shape index (κ3) is 4.17. The van der Waals surface area contributed by atoms with Crippen LogP contribution in [0.5, 0.6) is 0 Å². The molecule has 2 N–H and O–H groups in total. The largest absolute Gasteiger partial charge is 0.481 e. The maximum absolute atomic E-state index is 12.1. The van der Waals surface area contributed by atoms with E-state index in [1.807, 2.05) is 0 Å². The van der Waals surface area contributed by atoms with Crippen molar-refractivity contribution in [3.05, 3.63) is 52.2 Å². The number of aliphatic carboxylic acids is 1. The van der Waals surface area contributed by atoms with Crippen LogP contribution < -0.4 is 5.32 Å². The molecule has 1 amide bonds. The average Bonchev–Trinajstić information content (AvgIpc) is 3.00. The van der Waals surface area contributed by atoms with Gasteiger partial charge in [0.05, 0.1) is 18.7 Å². The van der Waals surface area contributed by atoms with Crippen molar-refractivity contribution in [1.29, 1.82) is 0 Å². The summed E-state index contributed by atoms with van der Waals surface area (Å²) in [4.78, 5) is 35.4. The van der Waals surface area contributed by atoms with E-state index in [9.17, 15) is 19.5 Å². The Morgan fingerprint density at radius 1 is 1.22 bits per heavy atom. The molecule has 0 saturated heterocycles. The minimum Gasteiger partial charge on any atom is -0.481 e. The quantitative estimate of drug-likeness (QED) is 0.793. The number of esters is 1. The Hall–Kier alpha value is -2.67. The highest BCUT2D eigenvalue weighted by Crippen LogP contribution is 2.25. The molecular formula is C16H15NO5S. The number of thiophene rings is 1. The van der Waals surface area contributed by atoms with Gasteiger partial charge in [0, 0.05) is 6.42 Å². The molecule has 1 heterocycles. The standard InChI is InChI=1S/C16H15NO5S/c1-22-16(21)14-12(7-8-23-14)17-13(18)9-11(15(19)20)10-5-3-2-4-6-10/h2-8,11H,9H2,1H3,(H,17,18)(H,19,20)/t11-/m1/s1. The molecule has 0 saturated carbocycles. The summed E-state index contributed by atoms with van der Waals surface area (Å²) in [5.74, 6) is -3.06. The number of benzene rings is 1. The predicted molar refractivity (Wildman–Crippen MR) is 85.7 cm³/mol. The molecule has 23 heavy (non-hydrogen) atoms. The molecular weight excluding hydrogens is 318 g/mol. The minimum absolute atomic E-state index is 0.226. The third-order valence-corrected chi connectivity index (χ3v) is 4.09. The van der Waals surface area contributed by atoms with Crippen molar-refractivity contribution in [3.8, 4) is 0 Å². The van der Waals surface area contributed by atoms with Gasteiger partial charge in [0.15, 0.2) is 0 Å². The van der Waals surface area contributed by atoms with Crippen LogP contribution in [0.1, 0.15) is 27.6 Å². The number of amides is 1. The number of carboxylic acid groups (broad SMARTS) is 1. The van der Waals surface area contributed by atoms with Crippen molar-refractivity contribution in [2.24, 2.45) is 0 Å². The molecule has 120 valence electrons. The molecule has 0 radical (unpaired) electrons. The van der Waals surface area contributed by atoms with Crippen LogP contribution in [0.15, 0.2) is 41.8 Å². The fraction of sp³-hybridized carbons (Fsp3) is 0.188. The van der Waals surface area contributed by atoms with Crippen LogP contribution in [0.2, 0.25) is 0 Å². The van der Waals surface area contributed by atoms with Gasteiger partial charge in [-0.25, -0.2) is 4.79 Å². The van der Waals surface area contributed by atoms with Crippen LogP contribution in [0.3, 0.4) is 0 Å². The molecule has 1 atom stereocenters. The molecule has 1 aromatic heterocycles. The van der Waals surface area contributed by atoms with E-state index >= 15 is 0 Å². The Morgan fingerprint density at radius 2 is 1.91 bits per heavy atom. The number of anilines is 1. The van der Waals surface area contributed by atoms with Crippen molar-refractivity contribution in [3.63, 3.8) is 0 Å². The molecule has 2 rings (SSSR count). The number of carboxylic acids is 1. The summed E-state index contributed by atoms with van der Waals surface area (Å²) < 4.78 is 4.63. The van der Waals surface area contributed by atoms with Crippen LogP contribution in [-0.4, -0.2) is 30.1 Å². The maximum atomic E-state index is 12.1. The summed E-state index contributed by atoms with van der Waals surface area (Å²) in [6.07, 6.45) is -0.226. The van der Waals surface area contributed by atoms with Crippen LogP contribution in [0.25, 0.3) is 0 Å². The lowest BCUT2D eigenvalue weighted by Gasteiger charge is -2.12. The molecule has 0 aliphatic rings. The number of hydrogen-bond donors (Lipinski definition) is 2. The maximum Gasteiger partial charge on any atom is 0.350 e. The Balaban J connectivity index is 2.10. The molecule has 7 heteroatoms.